The zero-order valence-corrected chi connectivity index (χ0v) is 12.6. The van der Waals surface area contributed by atoms with Crippen LogP contribution in [0.25, 0.3) is 5.69 Å². The van der Waals surface area contributed by atoms with Crippen LogP contribution in [0.4, 0.5) is 5.69 Å². The molecule has 104 valence electrons. The fourth-order valence-electron chi connectivity index (χ4n) is 1.93. The van der Waals surface area contributed by atoms with E-state index in [0.717, 1.165) is 15.8 Å². The second-order valence-electron chi connectivity index (χ2n) is 4.48. The third kappa shape index (κ3) is 3.20. The molecule has 21 heavy (non-hydrogen) atoms. The molecule has 0 bridgehead atoms. The Bertz CT molecular complexity index is 734. The first kappa shape index (κ1) is 13.6. The summed E-state index contributed by atoms with van der Waals surface area (Å²) in [6.07, 6.45) is 5.29. The largest absolute Gasteiger partial charge is 0.322 e. The molecule has 4 nitrogen and oxygen atoms in total. The monoisotopic (exact) mass is 341 g/mol. The summed E-state index contributed by atoms with van der Waals surface area (Å²) in [5.41, 5.74) is 2.34. The minimum atomic E-state index is -0.130. The Labute approximate surface area is 130 Å². The van der Waals surface area contributed by atoms with Gasteiger partial charge in [-0.25, -0.2) is 4.98 Å². The first-order valence-electron chi connectivity index (χ1n) is 6.38. The highest BCUT2D eigenvalue weighted by Gasteiger charge is 2.06. The van der Waals surface area contributed by atoms with Crippen molar-refractivity contribution in [1.29, 1.82) is 0 Å². The summed E-state index contributed by atoms with van der Waals surface area (Å²) in [4.78, 5) is 16.2. The fourth-order valence-corrected chi connectivity index (χ4v) is 2.20. The van der Waals surface area contributed by atoms with Crippen LogP contribution in [0.15, 0.2) is 71.7 Å². The van der Waals surface area contributed by atoms with Crippen molar-refractivity contribution in [3.05, 3.63) is 77.3 Å². The zero-order chi connectivity index (χ0) is 14.7. The molecular weight excluding hydrogens is 330 g/mol. The number of carbonyl (C=O) groups is 1. The molecule has 2 aromatic carbocycles. The molecule has 1 amide bonds. The van der Waals surface area contributed by atoms with E-state index in [2.05, 4.69) is 26.2 Å². The van der Waals surface area contributed by atoms with Gasteiger partial charge < -0.3 is 9.88 Å². The maximum absolute atomic E-state index is 12.2. The molecule has 0 aliphatic heterocycles. The number of hydrogen-bond acceptors (Lipinski definition) is 2. The van der Waals surface area contributed by atoms with Gasteiger partial charge in [-0.3, -0.25) is 4.79 Å². The summed E-state index contributed by atoms with van der Waals surface area (Å²) in [6.45, 7) is 0. The van der Waals surface area contributed by atoms with E-state index in [-0.39, 0.29) is 5.91 Å². The SMILES string of the molecule is O=C(Nc1ccc(Br)cc1)c1ccc(-n2ccnc2)cc1. The number of imidazole rings is 1. The van der Waals surface area contributed by atoms with Crippen molar-refractivity contribution >= 4 is 27.5 Å². The third-order valence-corrected chi connectivity index (χ3v) is 3.56. The number of anilines is 1. The highest BCUT2D eigenvalue weighted by molar-refractivity contribution is 9.10. The molecule has 0 unspecified atom stereocenters. The zero-order valence-electron chi connectivity index (χ0n) is 11.0. The Morgan fingerprint density at radius 1 is 1.05 bits per heavy atom. The average Bonchev–Trinajstić information content (AvgIpc) is 3.04. The summed E-state index contributed by atoms with van der Waals surface area (Å²) in [6, 6.07) is 14.8. The van der Waals surface area contributed by atoms with Gasteiger partial charge >= 0.3 is 0 Å². The minimum absolute atomic E-state index is 0.130. The van der Waals surface area contributed by atoms with E-state index in [1.165, 1.54) is 0 Å². The minimum Gasteiger partial charge on any atom is -0.322 e. The lowest BCUT2D eigenvalue weighted by atomic mass is 10.2. The Hall–Kier alpha value is -2.40. The molecule has 3 aromatic rings. The van der Waals surface area contributed by atoms with Gasteiger partial charge in [0.1, 0.15) is 0 Å². The highest BCUT2D eigenvalue weighted by Crippen LogP contribution is 2.16. The number of nitrogens with one attached hydrogen (secondary N) is 1. The maximum atomic E-state index is 12.2. The summed E-state index contributed by atoms with van der Waals surface area (Å²) in [5.74, 6) is -0.130. The van der Waals surface area contributed by atoms with Crippen molar-refractivity contribution in [3.63, 3.8) is 0 Å². The quantitative estimate of drug-likeness (QED) is 0.785. The predicted molar refractivity (Wildman–Crippen MR) is 85.7 cm³/mol. The van der Waals surface area contributed by atoms with Crippen molar-refractivity contribution in [2.75, 3.05) is 5.32 Å². The Balaban J connectivity index is 1.74. The van der Waals surface area contributed by atoms with Gasteiger partial charge in [-0.05, 0) is 48.5 Å². The van der Waals surface area contributed by atoms with Crippen LogP contribution in [0.3, 0.4) is 0 Å². The molecule has 1 heterocycles. The van der Waals surface area contributed by atoms with Gasteiger partial charge in [0.25, 0.3) is 5.91 Å². The van der Waals surface area contributed by atoms with E-state index < -0.39 is 0 Å². The lowest BCUT2D eigenvalue weighted by molar-refractivity contribution is 0.102. The third-order valence-electron chi connectivity index (χ3n) is 3.03. The molecule has 0 fully saturated rings. The van der Waals surface area contributed by atoms with Crippen molar-refractivity contribution in [2.45, 2.75) is 0 Å². The number of nitrogens with zero attached hydrogens (tertiary/aromatic N) is 2. The molecule has 0 aliphatic rings. The van der Waals surface area contributed by atoms with Gasteiger partial charge in [0, 0.05) is 33.8 Å². The smallest absolute Gasteiger partial charge is 0.255 e. The summed E-state index contributed by atoms with van der Waals surface area (Å²) < 4.78 is 2.86. The normalized spacial score (nSPS) is 10.3. The molecule has 1 N–H and O–H groups in total. The average molecular weight is 342 g/mol. The Kier molecular flexibility index (Phi) is 3.83. The molecule has 1 aromatic heterocycles. The Morgan fingerprint density at radius 3 is 2.38 bits per heavy atom. The number of carbonyl (C=O) groups excluding carboxylic acids is 1. The number of amides is 1. The predicted octanol–water partition coefficient (Wildman–Crippen LogP) is 3.89. The van der Waals surface area contributed by atoms with E-state index in [4.69, 9.17) is 0 Å². The highest BCUT2D eigenvalue weighted by atomic mass is 79.9. The van der Waals surface area contributed by atoms with Crippen molar-refractivity contribution in [1.82, 2.24) is 9.55 Å². The molecule has 0 atom stereocenters. The molecule has 0 saturated heterocycles. The number of benzene rings is 2. The van der Waals surface area contributed by atoms with Crippen molar-refractivity contribution in [2.24, 2.45) is 0 Å². The van der Waals surface area contributed by atoms with E-state index in [0.29, 0.717) is 5.56 Å². The van der Waals surface area contributed by atoms with Crippen LogP contribution in [0.2, 0.25) is 0 Å². The van der Waals surface area contributed by atoms with Gasteiger partial charge in [-0.2, -0.15) is 0 Å². The maximum Gasteiger partial charge on any atom is 0.255 e. The number of halogens is 1. The van der Waals surface area contributed by atoms with E-state index in [9.17, 15) is 4.79 Å². The van der Waals surface area contributed by atoms with Gasteiger partial charge in [0.2, 0.25) is 0 Å². The summed E-state index contributed by atoms with van der Waals surface area (Å²) in [7, 11) is 0. The number of rotatable bonds is 3. The lowest BCUT2D eigenvalue weighted by Gasteiger charge is -2.07. The van der Waals surface area contributed by atoms with Crippen LogP contribution in [0, 0.1) is 0 Å². The van der Waals surface area contributed by atoms with E-state index in [1.807, 2.05) is 47.2 Å². The molecule has 0 aliphatic carbocycles. The van der Waals surface area contributed by atoms with Gasteiger partial charge in [0.15, 0.2) is 0 Å². The second-order valence-corrected chi connectivity index (χ2v) is 5.39. The van der Waals surface area contributed by atoms with Crippen molar-refractivity contribution in [3.8, 4) is 5.69 Å². The molecule has 0 radical (unpaired) electrons. The van der Waals surface area contributed by atoms with Crippen LogP contribution in [0.5, 0.6) is 0 Å². The molecule has 3 rings (SSSR count). The van der Waals surface area contributed by atoms with Gasteiger partial charge in [-0.1, -0.05) is 15.9 Å². The molecule has 0 spiro atoms. The topological polar surface area (TPSA) is 46.9 Å². The first-order valence-corrected chi connectivity index (χ1v) is 7.17. The van der Waals surface area contributed by atoms with E-state index in [1.54, 1.807) is 24.7 Å². The molecule has 5 heteroatoms. The number of aromatic nitrogens is 2. The molecule has 0 saturated carbocycles. The lowest BCUT2D eigenvalue weighted by Crippen LogP contribution is -2.11. The summed E-state index contributed by atoms with van der Waals surface area (Å²) >= 11 is 3.36. The second kappa shape index (κ2) is 5.93. The van der Waals surface area contributed by atoms with Crippen LogP contribution in [-0.4, -0.2) is 15.5 Å². The van der Waals surface area contributed by atoms with Crippen LogP contribution < -0.4 is 5.32 Å². The Morgan fingerprint density at radius 2 is 1.76 bits per heavy atom. The van der Waals surface area contributed by atoms with E-state index >= 15 is 0 Å². The standard InChI is InChI=1S/C16H12BrN3O/c17-13-3-5-14(6-4-13)19-16(21)12-1-7-15(8-2-12)20-10-9-18-11-20/h1-11H,(H,19,21). The van der Waals surface area contributed by atoms with Gasteiger partial charge in [-0.15, -0.1) is 0 Å². The van der Waals surface area contributed by atoms with Crippen LogP contribution in [-0.2, 0) is 0 Å². The van der Waals surface area contributed by atoms with Crippen LogP contribution in [0.1, 0.15) is 10.4 Å². The van der Waals surface area contributed by atoms with Gasteiger partial charge in [0.05, 0.1) is 6.33 Å². The van der Waals surface area contributed by atoms with Crippen LogP contribution >= 0.6 is 15.9 Å². The molecular formula is C16H12BrN3O. The first-order chi connectivity index (χ1) is 10.2. The summed E-state index contributed by atoms with van der Waals surface area (Å²) in [5, 5.41) is 2.86. The van der Waals surface area contributed by atoms with Crippen molar-refractivity contribution < 1.29 is 4.79 Å². The number of hydrogen-bond donors (Lipinski definition) is 1. The fraction of sp³-hybridized carbons (Fsp3) is 0.